The molecule has 0 atom stereocenters. The minimum atomic E-state index is -0.130. The maximum atomic E-state index is 11.5. The van der Waals surface area contributed by atoms with Crippen molar-refractivity contribution in [2.24, 2.45) is 0 Å². The Bertz CT molecular complexity index is 2310. The molecule has 0 spiro atoms. The first-order chi connectivity index (χ1) is 19.9. The molecule has 9 heteroatoms. The number of rotatable bonds is 3. The SMILES string of the molecule is CC(C)(C)c1ccnc2c1oc1ncc(Oc3cccc(-n4c5ccccc5n5c6ccccc6nc45)c3O)[c-]c12.[Pt]. The van der Waals surface area contributed by atoms with E-state index in [2.05, 4.69) is 47.3 Å². The van der Waals surface area contributed by atoms with Gasteiger partial charge in [0.2, 0.25) is 5.78 Å². The minimum absolute atomic E-state index is 0. The van der Waals surface area contributed by atoms with E-state index in [0.717, 1.165) is 27.6 Å². The number of furan rings is 1. The van der Waals surface area contributed by atoms with Crippen molar-refractivity contribution in [3.05, 3.63) is 96.8 Å². The molecule has 8 rings (SSSR count). The van der Waals surface area contributed by atoms with Gasteiger partial charge >= 0.3 is 0 Å². The Balaban J connectivity index is 0.00000288. The third kappa shape index (κ3) is 3.82. The third-order valence-electron chi connectivity index (χ3n) is 7.45. The number of benzene rings is 3. The number of aromatic nitrogens is 5. The Morgan fingerprint density at radius 3 is 2.45 bits per heavy atom. The topological polar surface area (TPSA) is 90.6 Å². The van der Waals surface area contributed by atoms with Crippen LogP contribution in [0.15, 0.2) is 89.6 Å². The molecule has 5 heterocycles. The molecule has 0 bridgehead atoms. The van der Waals surface area contributed by atoms with Crippen LogP contribution in [0.25, 0.3) is 55.7 Å². The smallest absolute Gasteiger partial charge is 0.220 e. The molecule has 0 unspecified atom stereocenters. The second-order valence-corrected chi connectivity index (χ2v) is 11.1. The fraction of sp³-hybridized carbons (Fsp3) is 0.121. The summed E-state index contributed by atoms with van der Waals surface area (Å²) in [6.45, 7) is 6.39. The standard InChI is InChI=1S/C33H24N5O3.Pt/c1-33(2,3)21-15-16-34-28-20-17-19(18-35-31(20)41-30(21)28)40-27-14-8-13-26(29(27)39)38-25-12-7-6-11-24(25)37-23-10-5-4-9-22(23)36-32(37)38;/h4-16,18,39H,1-3H3;/q-1;. The van der Waals surface area contributed by atoms with Crippen LogP contribution >= 0.6 is 0 Å². The first kappa shape index (κ1) is 26.2. The summed E-state index contributed by atoms with van der Waals surface area (Å²) >= 11 is 0. The monoisotopic (exact) mass is 733 g/mol. The molecular formula is C33H24N5O3Pt-. The Labute approximate surface area is 254 Å². The van der Waals surface area contributed by atoms with E-state index in [1.807, 2.05) is 65.2 Å². The number of imidazole rings is 2. The number of hydrogen-bond donors (Lipinski definition) is 1. The molecule has 3 aromatic carbocycles. The van der Waals surface area contributed by atoms with Crippen molar-refractivity contribution in [2.75, 3.05) is 0 Å². The summed E-state index contributed by atoms with van der Waals surface area (Å²) in [5.41, 5.74) is 7.02. The van der Waals surface area contributed by atoms with E-state index >= 15 is 0 Å². The van der Waals surface area contributed by atoms with Gasteiger partial charge in [-0.2, -0.15) is 0 Å². The van der Waals surface area contributed by atoms with Crippen LogP contribution in [0.1, 0.15) is 26.3 Å². The molecule has 0 saturated heterocycles. The van der Waals surface area contributed by atoms with Crippen LogP contribution in [-0.4, -0.2) is 29.0 Å². The number of phenolic OH excluding ortho intramolecular Hbond substituents is 1. The molecular weight excluding hydrogens is 709 g/mol. The number of pyridine rings is 2. The average Bonchev–Trinajstić information content (AvgIpc) is 3.62. The van der Waals surface area contributed by atoms with Gasteiger partial charge in [0.15, 0.2) is 11.5 Å². The second-order valence-electron chi connectivity index (χ2n) is 11.1. The minimum Gasteiger partial charge on any atom is -0.503 e. The van der Waals surface area contributed by atoms with Gasteiger partial charge in [-0.05, 0) is 59.6 Å². The predicted molar refractivity (Wildman–Crippen MR) is 158 cm³/mol. The van der Waals surface area contributed by atoms with Crippen LogP contribution in [0, 0.1) is 6.07 Å². The van der Waals surface area contributed by atoms with Crippen molar-refractivity contribution in [1.29, 1.82) is 0 Å². The molecule has 210 valence electrons. The predicted octanol–water partition coefficient (Wildman–Crippen LogP) is 7.71. The van der Waals surface area contributed by atoms with Gasteiger partial charge in [0.25, 0.3) is 0 Å². The fourth-order valence-corrected chi connectivity index (χ4v) is 5.58. The number of nitrogens with zero attached hydrogens (tertiary/aromatic N) is 5. The van der Waals surface area contributed by atoms with Crippen molar-refractivity contribution >= 4 is 50.0 Å². The largest absolute Gasteiger partial charge is 0.503 e. The van der Waals surface area contributed by atoms with Gasteiger partial charge in [0.1, 0.15) is 11.3 Å². The average molecular weight is 734 g/mol. The molecule has 0 aliphatic heterocycles. The zero-order chi connectivity index (χ0) is 27.9. The quantitative estimate of drug-likeness (QED) is 0.187. The molecule has 0 saturated carbocycles. The van der Waals surface area contributed by atoms with Crippen LogP contribution in [0.3, 0.4) is 0 Å². The molecule has 5 aromatic heterocycles. The summed E-state index contributed by atoms with van der Waals surface area (Å²) in [5, 5.41) is 12.2. The number of aromatic hydroxyl groups is 1. The molecule has 0 aliphatic carbocycles. The van der Waals surface area contributed by atoms with Gasteiger partial charge in [-0.1, -0.05) is 62.6 Å². The number of ether oxygens (including phenoxy) is 1. The van der Waals surface area contributed by atoms with Crippen molar-refractivity contribution in [2.45, 2.75) is 26.2 Å². The Kier molecular flexibility index (Phi) is 5.89. The number of phenols is 1. The Morgan fingerprint density at radius 2 is 1.64 bits per heavy atom. The molecule has 8 aromatic rings. The van der Waals surface area contributed by atoms with E-state index < -0.39 is 0 Å². The maximum Gasteiger partial charge on any atom is 0.220 e. The summed E-state index contributed by atoms with van der Waals surface area (Å²) in [7, 11) is 0. The summed E-state index contributed by atoms with van der Waals surface area (Å²) in [4.78, 5) is 13.9. The van der Waals surface area contributed by atoms with Crippen molar-refractivity contribution in [3.63, 3.8) is 0 Å². The first-order valence-corrected chi connectivity index (χ1v) is 13.4. The molecule has 8 nitrogen and oxygen atoms in total. The van der Waals surface area contributed by atoms with Crippen LogP contribution in [0.4, 0.5) is 0 Å². The second kappa shape index (κ2) is 9.43. The molecule has 0 fully saturated rings. The molecule has 0 radical (unpaired) electrons. The molecule has 42 heavy (non-hydrogen) atoms. The van der Waals surface area contributed by atoms with Gasteiger partial charge in [-0.25, -0.2) is 4.98 Å². The van der Waals surface area contributed by atoms with Gasteiger partial charge in [0, 0.05) is 32.8 Å². The zero-order valence-electron chi connectivity index (χ0n) is 22.9. The summed E-state index contributed by atoms with van der Waals surface area (Å²) in [6, 6.07) is 26.7. The number of fused-ring (bicyclic) bond motifs is 8. The van der Waals surface area contributed by atoms with E-state index in [1.165, 1.54) is 6.20 Å². The Hall–Kier alpha value is -4.68. The van der Waals surface area contributed by atoms with Crippen LogP contribution in [0.5, 0.6) is 17.2 Å². The summed E-state index contributed by atoms with van der Waals surface area (Å²) < 4.78 is 16.3. The number of hydrogen-bond acceptors (Lipinski definition) is 6. The van der Waals surface area contributed by atoms with E-state index in [-0.39, 0.29) is 38.0 Å². The molecule has 0 aliphatic rings. The van der Waals surface area contributed by atoms with Crippen molar-refractivity contribution < 1.29 is 35.3 Å². The van der Waals surface area contributed by atoms with Gasteiger partial charge in [0.05, 0.1) is 33.5 Å². The van der Waals surface area contributed by atoms with E-state index in [1.54, 1.807) is 12.3 Å². The van der Waals surface area contributed by atoms with Gasteiger partial charge < -0.3 is 24.2 Å². The number of para-hydroxylation sites is 5. The molecule has 0 amide bonds. The van der Waals surface area contributed by atoms with E-state index in [4.69, 9.17) is 14.1 Å². The van der Waals surface area contributed by atoms with Crippen LogP contribution in [-0.2, 0) is 26.5 Å². The van der Waals surface area contributed by atoms with E-state index in [0.29, 0.717) is 39.4 Å². The summed E-state index contributed by atoms with van der Waals surface area (Å²) in [6.07, 6.45) is 3.31. The fourth-order valence-electron chi connectivity index (χ4n) is 5.58. The Morgan fingerprint density at radius 1 is 0.881 bits per heavy atom. The van der Waals surface area contributed by atoms with Crippen LogP contribution in [0.2, 0.25) is 0 Å². The van der Waals surface area contributed by atoms with E-state index in [9.17, 15) is 5.11 Å². The van der Waals surface area contributed by atoms with Crippen molar-refractivity contribution in [1.82, 2.24) is 23.9 Å². The summed E-state index contributed by atoms with van der Waals surface area (Å²) in [5.74, 6) is 1.27. The van der Waals surface area contributed by atoms with Crippen LogP contribution < -0.4 is 4.74 Å². The first-order valence-electron chi connectivity index (χ1n) is 13.4. The van der Waals surface area contributed by atoms with Gasteiger partial charge in [-0.3, -0.25) is 8.97 Å². The van der Waals surface area contributed by atoms with Crippen molar-refractivity contribution in [3.8, 4) is 22.9 Å². The maximum absolute atomic E-state index is 11.5. The zero-order valence-corrected chi connectivity index (χ0v) is 25.2. The molecule has 1 N–H and O–H groups in total. The normalized spacial score (nSPS) is 12.1. The van der Waals surface area contributed by atoms with Gasteiger partial charge in [-0.15, -0.1) is 0 Å². The third-order valence-corrected chi connectivity index (χ3v) is 7.45.